The first-order valence-electron chi connectivity index (χ1n) is 2.76. The molecular formula is C5H7BrClNO. The minimum Gasteiger partial charge on any atom is -0.340 e. The Kier molecular flexibility index (Phi) is 2.35. The highest BCUT2D eigenvalue weighted by molar-refractivity contribution is 9.09. The van der Waals surface area contributed by atoms with E-state index in [2.05, 4.69) is 21.2 Å². The molecule has 1 heterocycles. The number of hydrogen-bond donors (Lipinski definition) is 1. The monoisotopic (exact) mass is 211 g/mol. The van der Waals surface area contributed by atoms with Crippen molar-refractivity contribution in [2.45, 2.75) is 23.2 Å². The van der Waals surface area contributed by atoms with Crippen molar-refractivity contribution in [3.8, 4) is 0 Å². The molecule has 2 nitrogen and oxygen atoms in total. The van der Waals surface area contributed by atoms with E-state index in [1.165, 1.54) is 0 Å². The van der Waals surface area contributed by atoms with Gasteiger partial charge in [0.2, 0.25) is 5.91 Å². The average Bonchev–Trinajstić information content (AvgIpc) is 1.59. The summed E-state index contributed by atoms with van der Waals surface area (Å²) < 4.78 is 0. The minimum atomic E-state index is -0.185. The van der Waals surface area contributed by atoms with Gasteiger partial charge in [-0.05, 0) is 6.42 Å². The number of amides is 1. The Morgan fingerprint density at radius 3 is 2.89 bits per heavy atom. The Bertz CT molecular complexity index is 118. The van der Waals surface area contributed by atoms with Crippen LogP contribution in [0.2, 0.25) is 0 Å². The van der Waals surface area contributed by atoms with Gasteiger partial charge in [0.15, 0.2) is 0 Å². The lowest BCUT2D eigenvalue weighted by atomic mass is 10.1. The molecule has 1 aliphatic heterocycles. The lowest BCUT2D eigenvalue weighted by Gasteiger charge is -2.21. The number of halogens is 2. The molecule has 0 aromatic carbocycles. The average molecular weight is 212 g/mol. The van der Waals surface area contributed by atoms with Crippen molar-refractivity contribution in [3.63, 3.8) is 0 Å². The number of piperidine rings is 1. The number of hydrogen-bond acceptors (Lipinski definition) is 1. The van der Waals surface area contributed by atoms with E-state index in [4.69, 9.17) is 11.6 Å². The van der Waals surface area contributed by atoms with Gasteiger partial charge in [-0.2, -0.15) is 0 Å². The van der Waals surface area contributed by atoms with Crippen LogP contribution in [0.1, 0.15) is 12.8 Å². The van der Waals surface area contributed by atoms with Crippen LogP contribution >= 0.6 is 27.5 Å². The smallest absolute Gasteiger partial charge is 0.222 e. The van der Waals surface area contributed by atoms with E-state index < -0.39 is 0 Å². The van der Waals surface area contributed by atoms with Crippen LogP contribution < -0.4 is 5.32 Å². The molecule has 1 amide bonds. The van der Waals surface area contributed by atoms with E-state index in [1.54, 1.807) is 0 Å². The van der Waals surface area contributed by atoms with Gasteiger partial charge in [-0.3, -0.25) is 4.79 Å². The number of carbonyl (C=O) groups excluding carboxylic acids is 1. The zero-order valence-corrected chi connectivity index (χ0v) is 7.08. The third-order valence-electron chi connectivity index (χ3n) is 1.19. The van der Waals surface area contributed by atoms with E-state index in [0.717, 1.165) is 6.42 Å². The summed E-state index contributed by atoms with van der Waals surface area (Å²) in [5.74, 6) is 0.0307. The van der Waals surface area contributed by atoms with Crippen LogP contribution in [0.5, 0.6) is 0 Å². The van der Waals surface area contributed by atoms with Crippen molar-refractivity contribution in [3.05, 3.63) is 0 Å². The summed E-state index contributed by atoms with van der Waals surface area (Å²) in [6, 6.07) is 0. The maximum absolute atomic E-state index is 10.7. The van der Waals surface area contributed by atoms with Crippen LogP contribution in [0, 0.1) is 0 Å². The molecule has 0 radical (unpaired) electrons. The number of alkyl halides is 2. The normalized spacial score (nSPS) is 36.0. The van der Waals surface area contributed by atoms with E-state index in [0.29, 0.717) is 6.42 Å². The molecule has 9 heavy (non-hydrogen) atoms. The van der Waals surface area contributed by atoms with Gasteiger partial charge in [0.1, 0.15) is 5.50 Å². The molecule has 0 aromatic heterocycles. The second-order valence-corrected chi connectivity index (χ2v) is 3.89. The Hall–Kier alpha value is 0.240. The maximum atomic E-state index is 10.7. The van der Waals surface area contributed by atoms with Crippen molar-refractivity contribution in [1.82, 2.24) is 5.32 Å². The van der Waals surface area contributed by atoms with Crippen molar-refractivity contribution in [2.24, 2.45) is 0 Å². The van der Waals surface area contributed by atoms with Gasteiger partial charge in [0.25, 0.3) is 0 Å². The largest absolute Gasteiger partial charge is 0.340 e. The van der Waals surface area contributed by atoms with Crippen molar-refractivity contribution in [2.75, 3.05) is 0 Å². The molecule has 1 fully saturated rings. The fourth-order valence-electron chi connectivity index (χ4n) is 0.802. The Labute approximate surface area is 67.1 Å². The zero-order valence-electron chi connectivity index (χ0n) is 4.73. The van der Waals surface area contributed by atoms with Crippen LogP contribution in [0.4, 0.5) is 0 Å². The molecule has 1 saturated heterocycles. The molecule has 0 bridgehead atoms. The molecular weight excluding hydrogens is 205 g/mol. The zero-order chi connectivity index (χ0) is 6.85. The number of rotatable bonds is 0. The summed E-state index contributed by atoms with van der Waals surface area (Å²) in [6.45, 7) is 0. The van der Waals surface area contributed by atoms with Crippen molar-refractivity contribution < 1.29 is 4.79 Å². The van der Waals surface area contributed by atoms with Crippen LogP contribution in [-0.4, -0.2) is 16.2 Å². The van der Waals surface area contributed by atoms with Crippen LogP contribution in [0.15, 0.2) is 0 Å². The second kappa shape index (κ2) is 2.88. The molecule has 2 atom stereocenters. The lowest BCUT2D eigenvalue weighted by Crippen LogP contribution is -2.39. The molecule has 1 rings (SSSR count). The predicted molar refractivity (Wildman–Crippen MR) is 39.7 cm³/mol. The first-order valence-corrected chi connectivity index (χ1v) is 4.11. The van der Waals surface area contributed by atoms with E-state index in [9.17, 15) is 4.79 Å². The number of nitrogens with one attached hydrogen (secondary N) is 1. The van der Waals surface area contributed by atoms with Gasteiger partial charge in [0.05, 0.1) is 0 Å². The summed E-state index contributed by atoms with van der Waals surface area (Å²) in [6.07, 6.45) is 1.36. The van der Waals surface area contributed by atoms with Crippen LogP contribution in [-0.2, 0) is 4.79 Å². The van der Waals surface area contributed by atoms with Gasteiger partial charge in [-0.15, -0.1) is 0 Å². The lowest BCUT2D eigenvalue weighted by molar-refractivity contribution is -0.122. The molecule has 4 heteroatoms. The molecule has 1 N–H and O–H groups in total. The maximum Gasteiger partial charge on any atom is 0.222 e. The molecule has 0 spiro atoms. The molecule has 0 aliphatic carbocycles. The Balaban J connectivity index is 2.43. The third kappa shape index (κ3) is 2.14. The van der Waals surface area contributed by atoms with E-state index >= 15 is 0 Å². The first kappa shape index (κ1) is 7.35. The van der Waals surface area contributed by atoms with E-state index in [-0.39, 0.29) is 16.2 Å². The van der Waals surface area contributed by atoms with Gasteiger partial charge < -0.3 is 5.32 Å². The highest BCUT2D eigenvalue weighted by Crippen LogP contribution is 2.18. The van der Waals surface area contributed by atoms with Gasteiger partial charge in [-0.25, -0.2) is 0 Å². The van der Waals surface area contributed by atoms with Gasteiger partial charge in [0, 0.05) is 11.2 Å². The predicted octanol–water partition coefficient (Wildman–Crippen LogP) is 1.22. The molecule has 1 aliphatic rings. The molecule has 2 unspecified atom stereocenters. The highest BCUT2D eigenvalue weighted by atomic mass is 79.9. The van der Waals surface area contributed by atoms with Crippen LogP contribution in [0.3, 0.4) is 0 Å². The van der Waals surface area contributed by atoms with Crippen molar-refractivity contribution >= 4 is 33.4 Å². The summed E-state index contributed by atoms with van der Waals surface area (Å²) in [5.41, 5.74) is -0.185. The topological polar surface area (TPSA) is 29.1 Å². The number of carbonyl (C=O) groups is 1. The standard InChI is InChI=1S/C5H7BrClNO/c6-3-1-4(7)8-5(9)2-3/h3-4H,1-2H2,(H,8,9). The van der Waals surface area contributed by atoms with Gasteiger partial charge >= 0.3 is 0 Å². The SMILES string of the molecule is O=C1CC(Br)CC(Cl)N1. The molecule has 0 saturated carbocycles. The second-order valence-electron chi connectivity index (χ2n) is 2.07. The highest BCUT2D eigenvalue weighted by Gasteiger charge is 2.22. The Morgan fingerprint density at radius 2 is 2.44 bits per heavy atom. The van der Waals surface area contributed by atoms with Crippen molar-refractivity contribution in [1.29, 1.82) is 0 Å². The quantitative estimate of drug-likeness (QED) is 0.475. The molecule has 52 valence electrons. The van der Waals surface area contributed by atoms with Gasteiger partial charge in [-0.1, -0.05) is 27.5 Å². The first-order chi connectivity index (χ1) is 4.18. The van der Waals surface area contributed by atoms with E-state index in [1.807, 2.05) is 0 Å². The summed E-state index contributed by atoms with van der Waals surface area (Å²) in [4.78, 5) is 10.9. The summed E-state index contributed by atoms with van der Waals surface area (Å²) in [5, 5.41) is 2.61. The third-order valence-corrected chi connectivity index (χ3v) is 2.17. The van der Waals surface area contributed by atoms with Crippen LogP contribution in [0.25, 0.3) is 0 Å². The summed E-state index contributed by atoms with van der Waals surface area (Å²) in [7, 11) is 0. The fraction of sp³-hybridized carbons (Fsp3) is 0.800. The Morgan fingerprint density at radius 1 is 1.78 bits per heavy atom. The summed E-state index contributed by atoms with van der Waals surface area (Å²) >= 11 is 8.97. The fourth-order valence-corrected chi connectivity index (χ4v) is 2.02. The minimum absolute atomic E-state index is 0.0307. The molecule has 0 aromatic rings.